The van der Waals surface area contributed by atoms with Gasteiger partial charge in [0, 0.05) is 11.6 Å². The van der Waals surface area contributed by atoms with Crippen molar-refractivity contribution in [2.24, 2.45) is 0 Å². The maximum atomic E-state index is 9.02. The number of hydrogen-bond acceptors (Lipinski definition) is 9. The second-order valence-corrected chi connectivity index (χ2v) is 9.01. The molecule has 0 amide bonds. The summed E-state index contributed by atoms with van der Waals surface area (Å²) in [6, 6.07) is 18.5. The number of aliphatic hydroxyl groups is 3. The summed E-state index contributed by atoms with van der Waals surface area (Å²) in [5.41, 5.74) is 6.84. The summed E-state index contributed by atoms with van der Waals surface area (Å²) in [4.78, 5) is 0. The van der Waals surface area contributed by atoms with Crippen LogP contribution in [0, 0.1) is 0 Å². The van der Waals surface area contributed by atoms with Crippen molar-refractivity contribution in [3.63, 3.8) is 0 Å². The Hall–Kier alpha value is -3.18. The number of rotatable bonds is 19. The van der Waals surface area contributed by atoms with Crippen LogP contribution in [0.5, 0.6) is 17.2 Å². The van der Waals surface area contributed by atoms with Gasteiger partial charge >= 0.3 is 0 Å². The van der Waals surface area contributed by atoms with Crippen molar-refractivity contribution in [3.8, 4) is 39.5 Å². The zero-order valence-electron chi connectivity index (χ0n) is 22.7. The number of hydrogen-bond donors (Lipinski definition) is 3. The van der Waals surface area contributed by atoms with Gasteiger partial charge in [0.15, 0.2) is 11.5 Å². The van der Waals surface area contributed by atoms with Crippen molar-refractivity contribution in [1.82, 2.24) is 0 Å². The van der Waals surface area contributed by atoms with E-state index in [1.54, 1.807) is 0 Å². The number of aliphatic hydroxyl groups excluding tert-OH is 3. The summed E-state index contributed by atoms with van der Waals surface area (Å²) in [7, 11) is 0. The minimum Gasteiger partial charge on any atom is -0.490 e. The van der Waals surface area contributed by atoms with E-state index in [4.69, 9.17) is 43.7 Å². The lowest BCUT2D eigenvalue weighted by Crippen LogP contribution is -2.13. The molecule has 0 saturated carbocycles. The Kier molecular flexibility index (Phi) is 12.0. The van der Waals surface area contributed by atoms with E-state index in [1.807, 2.05) is 12.1 Å². The van der Waals surface area contributed by atoms with Crippen LogP contribution < -0.4 is 14.2 Å². The summed E-state index contributed by atoms with van der Waals surface area (Å²) in [6.07, 6.45) is 0.812. The molecule has 0 fully saturated rings. The average Bonchev–Trinajstić information content (AvgIpc) is 3.36. The lowest BCUT2D eigenvalue weighted by molar-refractivity contribution is 0.0640. The molecule has 0 spiro atoms. The minimum atomic E-state index is -0.0570. The first-order valence-electron chi connectivity index (χ1n) is 13.6. The molecule has 40 heavy (non-hydrogen) atoms. The average molecular weight is 555 g/mol. The molecule has 1 aliphatic rings. The third-order valence-corrected chi connectivity index (χ3v) is 6.35. The van der Waals surface area contributed by atoms with Crippen molar-refractivity contribution in [1.29, 1.82) is 0 Å². The second kappa shape index (κ2) is 16.2. The SMILES string of the molecule is OCCOCCOc1cc(OCCOCCO)c(-c2cccc3c2Cc2ccccc2-3)cc1OCCOCCO. The lowest BCUT2D eigenvalue weighted by Gasteiger charge is -2.20. The molecule has 0 bridgehead atoms. The molecule has 9 nitrogen and oxygen atoms in total. The first-order chi connectivity index (χ1) is 19.8. The minimum absolute atomic E-state index is 0.0492. The van der Waals surface area contributed by atoms with Crippen LogP contribution in [0.15, 0.2) is 54.6 Å². The van der Waals surface area contributed by atoms with Crippen molar-refractivity contribution in [3.05, 3.63) is 65.7 Å². The van der Waals surface area contributed by atoms with Gasteiger partial charge in [-0.1, -0.05) is 42.5 Å². The third kappa shape index (κ3) is 7.94. The van der Waals surface area contributed by atoms with Crippen molar-refractivity contribution >= 4 is 0 Å². The van der Waals surface area contributed by atoms with Gasteiger partial charge in [-0.25, -0.2) is 0 Å². The van der Waals surface area contributed by atoms with E-state index in [0.29, 0.717) is 37.1 Å². The smallest absolute Gasteiger partial charge is 0.165 e. The highest BCUT2D eigenvalue weighted by Crippen LogP contribution is 2.46. The summed E-state index contributed by atoms with van der Waals surface area (Å²) >= 11 is 0. The molecular weight excluding hydrogens is 516 g/mol. The predicted octanol–water partition coefficient (Wildman–Crippen LogP) is 3.09. The molecule has 0 atom stereocenters. The highest BCUT2D eigenvalue weighted by atomic mass is 16.6. The topological polar surface area (TPSA) is 116 Å². The lowest BCUT2D eigenvalue weighted by atomic mass is 9.94. The van der Waals surface area contributed by atoms with Gasteiger partial charge in [-0.15, -0.1) is 0 Å². The van der Waals surface area contributed by atoms with Crippen LogP contribution in [0.4, 0.5) is 0 Å². The number of fused-ring (bicyclic) bond motifs is 3. The highest BCUT2D eigenvalue weighted by Gasteiger charge is 2.24. The van der Waals surface area contributed by atoms with E-state index < -0.39 is 0 Å². The molecule has 1 aliphatic carbocycles. The summed E-state index contributed by atoms with van der Waals surface area (Å²) in [5, 5.41) is 27.0. The van der Waals surface area contributed by atoms with Gasteiger partial charge in [0.25, 0.3) is 0 Å². The molecule has 4 rings (SSSR count). The van der Waals surface area contributed by atoms with E-state index >= 15 is 0 Å². The molecule has 0 unspecified atom stereocenters. The first kappa shape index (κ1) is 29.8. The van der Waals surface area contributed by atoms with E-state index in [-0.39, 0.29) is 59.5 Å². The molecule has 0 saturated heterocycles. The van der Waals surface area contributed by atoms with Crippen LogP contribution in [-0.2, 0) is 20.6 Å². The Morgan fingerprint density at radius 1 is 0.475 bits per heavy atom. The Labute approximate surface area is 234 Å². The Morgan fingerprint density at radius 2 is 0.975 bits per heavy atom. The van der Waals surface area contributed by atoms with Gasteiger partial charge in [-0.3, -0.25) is 0 Å². The molecular formula is C31H38O9. The number of benzene rings is 3. The maximum Gasteiger partial charge on any atom is 0.165 e. The quantitative estimate of drug-likeness (QED) is 0.150. The fraction of sp³-hybridized carbons (Fsp3) is 0.419. The molecule has 216 valence electrons. The van der Waals surface area contributed by atoms with Crippen molar-refractivity contribution < 1.29 is 43.7 Å². The van der Waals surface area contributed by atoms with Gasteiger partial charge in [0.1, 0.15) is 25.6 Å². The molecule has 3 aromatic rings. The van der Waals surface area contributed by atoms with Crippen LogP contribution in [0.25, 0.3) is 22.3 Å². The molecule has 0 radical (unpaired) electrons. The number of ether oxygens (including phenoxy) is 6. The first-order valence-corrected chi connectivity index (χ1v) is 13.6. The van der Waals surface area contributed by atoms with E-state index in [0.717, 1.165) is 17.5 Å². The fourth-order valence-corrected chi connectivity index (χ4v) is 4.64. The molecule has 3 aromatic carbocycles. The molecule has 0 heterocycles. The summed E-state index contributed by atoms with van der Waals surface area (Å²) in [6.45, 7) is 2.30. The summed E-state index contributed by atoms with van der Waals surface area (Å²) in [5.74, 6) is 1.63. The molecule has 0 aromatic heterocycles. The van der Waals surface area contributed by atoms with Gasteiger partial charge in [-0.05, 0) is 40.3 Å². The van der Waals surface area contributed by atoms with Gasteiger partial charge in [-0.2, -0.15) is 0 Å². The zero-order valence-corrected chi connectivity index (χ0v) is 22.7. The van der Waals surface area contributed by atoms with Crippen LogP contribution >= 0.6 is 0 Å². The Bertz CT molecular complexity index is 1200. The van der Waals surface area contributed by atoms with Crippen LogP contribution in [0.1, 0.15) is 11.1 Å². The second-order valence-electron chi connectivity index (χ2n) is 9.01. The van der Waals surface area contributed by atoms with Crippen LogP contribution in [0.3, 0.4) is 0 Å². The largest absolute Gasteiger partial charge is 0.490 e. The van der Waals surface area contributed by atoms with E-state index in [2.05, 4.69) is 42.5 Å². The van der Waals surface area contributed by atoms with Crippen LogP contribution in [0.2, 0.25) is 0 Å². The normalized spacial score (nSPS) is 11.8. The predicted molar refractivity (Wildman–Crippen MR) is 150 cm³/mol. The van der Waals surface area contributed by atoms with Gasteiger partial charge < -0.3 is 43.7 Å². The Morgan fingerprint density at radius 3 is 1.57 bits per heavy atom. The van der Waals surface area contributed by atoms with Crippen molar-refractivity contribution in [2.75, 3.05) is 79.3 Å². The molecule has 0 aliphatic heterocycles. The van der Waals surface area contributed by atoms with Gasteiger partial charge in [0.2, 0.25) is 0 Å². The standard InChI is InChI=1S/C31H38O9/c32-8-11-35-14-17-38-29-22-31(40-19-16-37-13-10-34)30(39-18-15-36-12-9-33)21-28(29)26-7-3-6-25-24-5-2-1-4-23(24)20-27(25)26/h1-7,21-22,32-34H,8-20H2. The maximum absolute atomic E-state index is 9.02. The van der Waals surface area contributed by atoms with Crippen LogP contribution in [-0.4, -0.2) is 94.6 Å². The highest BCUT2D eigenvalue weighted by molar-refractivity contribution is 5.87. The fourth-order valence-electron chi connectivity index (χ4n) is 4.64. The molecule has 3 N–H and O–H groups in total. The van der Waals surface area contributed by atoms with Crippen molar-refractivity contribution in [2.45, 2.75) is 6.42 Å². The van der Waals surface area contributed by atoms with Gasteiger partial charge in [0.05, 0.1) is 59.5 Å². The Balaban J connectivity index is 1.67. The van der Waals surface area contributed by atoms with E-state index in [9.17, 15) is 0 Å². The van der Waals surface area contributed by atoms with E-state index in [1.165, 1.54) is 22.3 Å². The summed E-state index contributed by atoms with van der Waals surface area (Å²) < 4.78 is 34.5. The molecule has 9 heteroatoms. The zero-order chi connectivity index (χ0) is 28.0. The monoisotopic (exact) mass is 554 g/mol. The third-order valence-electron chi connectivity index (χ3n) is 6.35.